The van der Waals surface area contributed by atoms with Gasteiger partial charge in [0.1, 0.15) is 24.0 Å². The number of hydrogen-bond acceptors (Lipinski definition) is 3. The van der Waals surface area contributed by atoms with Crippen molar-refractivity contribution in [3.05, 3.63) is 59.2 Å². The first-order valence-corrected chi connectivity index (χ1v) is 8.20. The molecule has 2 rings (SSSR count). The molecule has 0 saturated heterocycles. The predicted octanol–water partition coefficient (Wildman–Crippen LogP) is 3.78. The maximum atomic E-state index is 13.4. The number of aryl methyl sites for hydroxylation is 1. The molecule has 0 saturated carbocycles. The zero-order chi connectivity index (χ0) is 15.6. The number of hydrogen-bond donors (Lipinski definition) is 0. The van der Waals surface area contributed by atoms with Crippen molar-refractivity contribution in [1.29, 1.82) is 0 Å². The van der Waals surface area contributed by atoms with E-state index in [1.54, 1.807) is 6.92 Å². The first-order valence-electron chi connectivity index (χ1n) is 5.89. The Morgan fingerprint density at radius 1 is 1.14 bits per heavy atom. The fourth-order valence-corrected chi connectivity index (χ4v) is 2.98. The fourth-order valence-electron chi connectivity index (χ4n) is 1.79. The summed E-state index contributed by atoms with van der Waals surface area (Å²) < 4.78 is 54.1. The molecule has 0 spiro atoms. The Balaban J connectivity index is 2.16. The van der Waals surface area contributed by atoms with E-state index in [1.165, 1.54) is 24.3 Å². The van der Waals surface area contributed by atoms with Crippen LogP contribution in [-0.4, -0.2) is 8.42 Å². The van der Waals surface area contributed by atoms with Crippen LogP contribution in [0.5, 0.6) is 5.75 Å². The largest absolute Gasteiger partial charge is 0.489 e. The van der Waals surface area contributed by atoms with E-state index in [9.17, 15) is 17.2 Å². The van der Waals surface area contributed by atoms with Crippen LogP contribution in [0.4, 0.5) is 8.78 Å². The second-order valence-corrected chi connectivity index (χ2v) is 6.92. The molecule has 0 radical (unpaired) electrons. The molecule has 112 valence electrons. The van der Waals surface area contributed by atoms with Gasteiger partial charge in [0.05, 0.1) is 4.90 Å². The molecule has 0 fully saturated rings. The lowest BCUT2D eigenvalue weighted by Gasteiger charge is -2.09. The highest BCUT2D eigenvalue weighted by molar-refractivity contribution is 8.13. The quantitative estimate of drug-likeness (QED) is 0.800. The summed E-state index contributed by atoms with van der Waals surface area (Å²) in [6.45, 7) is 1.47. The number of rotatable bonds is 4. The molecular formula is C14H11ClF2O3S. The van der Waals surface area contributed by atoms with Gasteiger partial charge in [0.15, 0.2) is 0 Å². The van der Waals surface area contributed by atoms with Crippen molar-refractivity contribution in [2.75, 3.05) is 0 Å². The van der Waals surface area contributed by atoms with Crippen LogP contribution in [0.2, 0.25) is 0 Å². The molecular weight excluding hydrogens is 322 g/mol. The van der Waals surface area contributed by atoms with Crippen LogP contribution in [0.15, 0.2) is 41.3 Å². The first kappa shape index (κ1) is 15.7. The highest BCUT2D eigenvalue weighted by Crippen LogP contribution is 2.24. The van der Waals surface area contributed by atoms with Crippen molar-refractivity contribution in [2.45, 2.75) is 18.4 Å². The third-order valence-electron chi connectivity index (χ3n) is 2.82. The summed E-state index contributed by atoms with van der Waals surface area (Å²) in [6, 6.07) is 7.41. The van der Waals surface area contributed by atoms with Crippen molar-refractivity contribution < 1.29 is 21.9 Å². The lowest BCUT2D eigenvalue weighted by molar-refractivity contribution is 0.299. The zero-order valence-corrected chi connectivity index (χ0v) is 12.5. The molecule has 0 heterocycles. The molecule has 0 bridgehead atoms. The lowest BCUT2D eigenvalue weighted by atomic mass is 10.2. The summed E-state index contributed by atoms with van der Waals surface area (Å²) in [7, 11) is 1.46. The van der Waals surface area contributed by atoms with E-state index in [0.29, 0.717) is 11.3 Å². The van der Waals surface area contributed by atoms with Gasteiger partial charge in [-0.05, 0) is 42.8 Å². The minimum atomic E-state index is -3.81. The van der Waals surface area contributed by atoms with Crippen molar-refractivity contribution in [3.8, 4) is 5.75 Å². The average molecular weight is 333 g/mol. The maximum Gasteiger partial charge on any atom is 0.261 e. The van der Waals surface area contributed by atoms with Crippen LogP contribution in [0.1, 0.15) is 11.1 Å². The van der Waals surface area contributed by atoms with E-state index >= 15 is 0 Å². The Kier molecular flexibility index (Phi) is 4.49. The summed E-state index contributed by atoms with van der Waals surface area (Å²) >= 11 is 0. The molecule has 21 heavy (non-hydrogen) atoms. The van der Waals surface area contributed by atoms with Crippen LogP contribution in [0, 0.1) is 18.6 Å². The van der Waals surface area contributed by atoms with Crippen LogP contribution in [0.3, 0.4) is 0 Å². The molecule has 0 aromatic heterocycles. The topological polar surface area (TPSA) is 43.4 Å². The SMILES string of the molecule is Cc1cc(OCc2ccc(F)cc2F)ccc1S(=O)(=O)Cl. The first-order chi connectivity index (χ1) is 9.77. The van der Waals surface area contributed by atoms with Crippen molar-refractivity contribution >= 4 is 19.7 Å². The highest BCUT2D eigenvalue weighted by Gasteiger charge is 2.14. The molecule has 3 nitrogen and oxygen atoms in total. The van der Waals surface area contributed by atoms with Gasteiger partial charge in [-0.15, -0.1) is 0 Å². The summed E-state index contributed by atoms with van der Waals surface area (Å²) in [5.41, 5.74) is 0.616. The van der Waals surface area contributed by atoms with E-state index in [-0.39, 0.29) is 17.1 Å². The summed E-state index contributed by atoms with van der Waals surface area (Å²) in [6.07, 6.45) is 0. The van der Waals surface area contributed by atoms with Gasteiger partial charge in [0, 0.05) is 22.3 Å². The third kappa shape index (κ3) is 3.92. The minimum absolute atomic E-state index is 0.00974. The van der Waals surface area contributed by atoms with Crippen molar-refractivity contribution in [3.63, 3.8) is 0 Å². The molecule has 0 atom stereocenters. The van der Waals surface area contributed by atoms with Gasteiger partial charge < -0.3 is 4.74 Å². The standard InChI is InChI=1S/C14H11ClF2O3S/c1-9-6-12(4-5-14(9)21(15,18)19)20-8-10-2-3-11(16)7-13(10)17/h2-7H,8H2,1H3. The lowest BCUT2D eigenvalue weighted by Crippen LogP contribution is -2.00. The van der Waals surface area contributed by atoms with Gasteiger partial charge in [0.25, 0.3) is 9.05 Å². The molecule has 0 aliphatic carbocycles. The summed E-state index contributed by atoms with van der Waals surface area (Å²) in [4.78, 5) is -0.00974. The molecule has 0 unspecified atom stereocenters. The Hall–Kier alpha value is -1.66. The second kappa shape index (κ2) is 5.99. The van der Waals surface area contributed by atoms with E-state index in [1.807, 2.05) is 0 Å². The van der Waals surface area contributed by atoms with E-state index in [2.05, 4.69) is 0 Å². The second-order valence-electron chi connectivity index (χ2n) is 4.39. The van der Waals surface area contributed by atoms with Gasteiger partial charge in [0.2, 0.25) is 0 Å². The van der Waals surface area contributed by atoms with E-state index in [4.69, 9.17) is 15.4 Å². The summed E-state index contributed by atoms with van der Waals surface area (Å²) in [5.74, 6) is -1.00. The Labute approximate surface area is 125 Å². The molecule has 0 amide bonds. The van der Waals surface area contributed by atoms with Crippen LogP contribution in [-0.2, 0) is 15.7 Å². The normalized spacial score (nSPS) is 11.4. The van der Waals surface area contributed by atoms with Gasteiger partial charge in [-0.2, -0.15) is 0 Å². The Morgan fingerprint density at radius 3 is 2.43 bits per heavy atom. The average Bonchev–Trinajstić information content (AvgIpc) is 2.36. The van der Waals surface area contributed by atoms with Gasteiger partial charge in [-0.25, -0.2) is 17.2 Å². The molecule has 0 aliphatic rings. The van der Waals surface area contributed by atoms with Crippen LogP contribution < -0.4 is 4.74 Å². The minimum Gasteiger partial charge on any atom is -0.489 e. The highest BCUT2D eigenvalue weighted by atomic mass is 35.7. The van der Waals surface area contributed by atoms with Crippen LogP contribution in [0.25, 0.3) is 0 Å². The van der Waals surface area contributed by atoms with E-state index < -0.39 is 20.7 Å². The third-order valence-corrected chi connectivity index (χ3v) is 4.30. The molecule has 2 aromatic carbocycles. The number of benzene rings is 2. The van der Waals surface area contributed by atoms with E-state index in [0.717, 1.165) is 12.1 Å². The predicted molar refractivity (Wildman–Crippen MR) is 74.9 cm³/mol. The van der Waals surface area contributed by atoms with Crippen molar-refractivity contribution in [1.82, 2.24) is 0 Å². The number of halogens is 3. The fraction of sp³-hybridized carbons (Fsp3) is 0.143. The molecule has 2 aromatic rings. The number of ether oxygens (including phenoxy) is 1. The smallest absolute Gasteiger partial charge is 0.261 e. The summed E-state index contributed by atoms with van der Waals surface area (Å²) in [5, 5.41) is 0. The Bertz CT molecular complexity index is 776. The molecule has 7 heteroatoms. The van der Waals surface area contributed by atoms with Gasteiger partial charge in [-0.3, -0.25) is 0 Å². The molecule has 0 aliphatic heterocycles. The van der Waals surface area contributed by atoms with Gasteiger partial charge >= 0.3 is 0 Å². The van der Waals surface area contributed by atoms with Crippen LogP contribution >= 0.6 is 10.7 Å². The zero-order valence-electron chi connectivity index (χ0n) is 10.9. The van der Waals surface area contributed by atoms with Gasteiger partial charge in [-0.1, -0.05) is 0 Å². The Morgan fingerprint density at radius 2 is 1.86 bits per heavy atom. The monoisotopic (exact) mass is 332 g/mol. The van der Waals surface area contributed by atoms with Crippen molar-refractivity contribution in [2.24, 2.45) is 0 Å². The maximum absolute atomic E-state index is 13.4. The molecule has 0 N–H and O–H groups in total.